The summed E-state index contributed by atoms with van der Waals surface area (Å²) in [6, 6.07) is 5.31. The summed E-state index contributed by atoms with van der Waals surface area (Å²) in [6.07, 6.45) is 0.134. The van der Waals surface area contributed by atoms with Crippen LogP contribution in [-0.4, -0.2) is 48.4 Å². The number of ether oxygens (including phenoxy) is 3. The molecule has 7 heteroatoms. The van der Waals surface area contributed by atoms with Gasteiger partial charge in [0.05, 0.1) is 12.5 Å². The summed E-state index contributed by atoms with van der Waals surface area (Å²) in [7, 11) is 0. The summed E-state index contributed by atoms with van der Waals surface area (Å²) in [5.74, 6) is -0.113. The lowest BCUT2D eigenvalue weighted by atomic mass is 9.54. The van der Waals surface area contributed by atoms with Gasteiger partial charge in [-0.1, -0.05) is 19.9 Å². The first-order chi connectivity index (χ1) is 12.3. The maximum absolute atomic E-state index is 12.6. The fraction of sp³-hybridized carbons (Fsp3) is 0.579. The highest BCUT2D eigenvalue weighted by Crippen LogP contribution is 2.51. The Labute approximate surface area is 152 Å². The number of fused-ring (bicyclic) bond motifs is 1. The van der Waals surface area contributed by atoms with Crippen LogP contribution in [0.1, 0.15) is 32.8 Å². The molecule has 1 aliphatic heterocycles. The molecule has 1 aromatic carbocycles. The summed E-state index contributed by atoms with van der Waals surface area (Å²) in [6.45, 7) is 6.98. The Kier molecular flexibility index (Phi) is 4.84. The van der Waals surface area contributed by atoms with Gasteiger partial charge in [0.2, 0.25) is 5.91 Å². The molecular weight excluding hydrogens is 338 g/mol. The lowest BCUT2D eigenvalue weighted by Gasteiger charge is -2.58. The van der Waals surface area contributed by atoms with Gasteiger partial charge in [-0.2, -0.15) is 0 Å². The fourth-order valence-electron chi connectivity index (χ4n) is 3.70. The number of carbonyl (C=O) groups excluding carboxylic acids is 1. The van der Waals surface area contributed by atoms with Crippen molar-refractivity contribution in [3.8, 4) is 11.5 Å². The zero-order valence-corrected chi connectivity index (χ0v) is 15.3. The lowest BCUT2D eigenvalue weighted by molar-refractivity contribution is -0.194. The molecule has 142 valence electrons. The third kappa shape index (κ3) is 3.00. The second-order valence-electron chi connectivity index (χ2n) is 7.28. The number of hydrogen-bond donors (Lipinski definition) is 2. The van der Waals surface area contributed by atoms with Crippen molar-refractivity contribution in [1.29, 1.82) is 0 Å². The second kappa shape index (κ2) is 6.79. The predicted molar refractivity (Wildman–Crippen MR) is 93.5 cm³/mol. The minimum atomic E-state index is -1.32. The molecule has 1 heterocycles. The van der Waals surface area contributed by atoms with Crippen LogP contribution in [-0.2, 0) is 20.7 Å². The highest BCUT2D eigenvalue weighted by Gasteiger charge is 2.66. The Bertz CT molecular complexity index is 716. The van der Waals surface area contributed by atoms with E-state index in [2.05, 4.69) is 5.32 Å². The molecule has 0 bridgehead atoms. The normalized spacial score (nSPS) is 25.9. The van der Waals surface area contributed by atoms with E-state index >= 15 is 0 Å². The Morgan fingerprint density at radius 3 is 2.58 bits per heavy atom. The number of benzene rings is 1. The van der Waals surface area contributed by atoms with Crippen molar-refractivity contribution in [2.24, 2.45) is 5.41 Å². The summed E-state index contributed by atoms with van der Waals surface area (Å²) < 4.78 is 16.6. The predicted octanol–water partition coefficient (Wildman–Crippen LogP) is 1.77. The van der Waals surface area contributed by atoms with Crippen LogP contribution in [0.25, 0.3) is 0 Å². The van der Waals surface area contributed by atoms with Gasteiger partial charge >= 0.3 is 5.97 Å². The molecule has 0 spiro atoms. The standard InChI is InChI=1S/C19H25NO6/c1-4-24-15-11-19(17(22)23,18(15,2)3)20-16(21)10-12-5-6-13-14(9-12)26-8-7-25-13/h5-6,9,15H,4,7-8,10-11H2,1-3H3,(H,20,21)(H,22,23). The van der Waals surface area contributed by atoms with Crippen LogP contribution in [0.15, 0.2) is 18.2 Å². The van der Waals surface area contributed by atoms with Crippen LogP contribution >= 0.6 is 0 Å². The largest absolute Gasteiger partial charge is 0.486 e. The van der Waals surface area contributed by atoms with Gasteiger partial charge in [0.1, 0.15) is 18.8 Å². The van der Waals surface area contributed by atoms with Crippen LogP contribution in [0.3, 0.4) is 0 Å². The summed E-state index contributed by atoms with van der Waals surface area (Å²) in [4.78, 5) is 24.5. The number of hydrogen-bond acceptors (Lipinski definition) is 5. The Morgan fingerprint density at radius 2 is 1.96 bits per heavy atom. The van der Waals surface area contributed by atoms with E-state index in [1.807, 2.05) is 20.8 Å². The zero-order chi connectivity index (χ0) is 18.9. The van der Waals surface area contributed by atoms with E-state index in [1.165, 1.54) is 0 Å². The van der Waals surface area contributed by atoms with E-state index in [9.17, 15) is 14.7 Å². The smallest absolute Gasteiger partial charge is 0.330 e. The van der Waals surface area contributed by atoms with E-state index in [1.54, 1.807) is 18.2 Å². The monoisotopic (exact) mass is 363 g/mol. The van der Waals surface area contributed by atoms with Crippen LogP contribution < -0.4 is 14.8 Å². The molecule has 1 aliphatic carbocycles. The summed E-state index contributed by atoms with van der Waals surface area (Å²) >= 11 is 0. The minimum absolute atomic E-state index is 0.0705. The average Bonchev–Trinajstić information content (AvgIpc) is 2.60. The number of carbonyl (C=O) groups is 2. The molecule has 0 aromatic heterocycles. The van der Waals surface area contributed by atoms with E-state index < -0.39 is 16.9 Å². The van der Waals surface area contributed by atoms with E-state index in [-0.39, 0.29) is 24.9 Å². The third-order valence-corrected chi connectivity index (χ3v) is 5.45. The molecule has 1 amide bonds. The Morgan fingerprint density at radius 1 is 1.27 bits per heavy atom. The number of aliphatic carboxylic acids is 1. The molecule has 2 unspecified atom stereocenters. The molecule has 0 radical (unpaired) electrons. The van der Waals surface area contributed by atoms with Crippen molar-refractivity contribution >= 4 is 11.9 Å². The van der Waals surface area contributed by atoms with Crippen LogP contribution in [0.5, 0.6) is 11.5 Å². The minimum Gasteiger partial charge on any atom is -0.486 e. The third-order valence-electron chi connectivity index (χ3n) is 5.45. The van der Waals surface area contributed by atoms with Gasteiger partial charge in [0.15, 0.2) is 11.5 Å². The molecule has 2 aliphatic rings. The van der Waals surface area contributed by atoms with Crippen LogP contribution in [0, 0.1) is 5.41 Å². The van der Waals surface area contributed by atoms with Crippen molar-refractivity contribution in [1.82, 2.24) is 5.32 Å². The molecule has 2 N–H and O–H groups in total. The lowest BCUT2D eigenvalue weighted by Crippen LogP contribution is -2.76. The molecular formula is C19H25NO6. The second-order valence-corrected chi connectivity index (χ2v) is 7.28. The highest BCUT2D eigenvalue weighted by molar-refractivity contribution is 5.90. The number of carboxylic acid groups (broad SMARTS) is 1. The topological polar surface area (TPSA) is 94.1 Å². The maximum atomic E-state index is 12.6. The van der Waals surface area contributed by atoms with E-state index in [4.69, 9.17) is 14.2 Å². The van der Waals surface area contributed by atoms with Crippen molar-refractivity contribution in [2.75, 3.05) is 19.8 Å². The molecule has 0 saturated heterocycles. The van der Waals surface area contributed by atoms with Crippen molar-refractivity contribution in [2.45, 2.75) is 45.3 Å². The summed E-state index contributed by atoms with van der Waals surface area (Å²) in [5.41, 5.74) is -1.28. The molecule has 1 fully saturated rings. The van der Waals surface area contributed by atoms with Gasteiger partial charge in [-0.05, 0) is 24.6 Å². The van der Waals surface area contributed by atoms with Crippen molar-refractivity contribution in [3.05, 3.63) is 23.8 Å². The first-order valence-electron chi connectivity index (χ1n) is 8.84. The SMILES string of the molecule is CCOC1CC(NC(=O)Cc2ccc3c(c2)OCCO3)(C(=O)O)C1(C)C. The zero-order valence-electron chi connectivity index (χ0n) is 15.3. The van der Waals surface area contributed by atoms with Crippen molar-refractivity contribution in [3.63, 3.8) is 0 Å². The summed E-state index contributed by atoms with van der Waals surface area (Å²) in [5, 5.41) is 12.5. The number of nitrogens with one attached hydrogen (secondary N) is 1. The quantitative estimate of drug-likeness (QED) is 0.800. The van der Waals surface area contributed by atoms with Gasteiger partial charge < -0.3 is 24.6 Å². The molecule has 1 saturated carbocycles. The van der Waals surface area contributed by atoms with Gasteiger partial charge in [0, 0.05) is 18.4 Å². The van der Waals surface area contributed by atoms with Gasteiger partial charge in [0.25, 0.3) is 0 Å². The molecule has 2 atom stereocenters. The fourth-order valence-corrected chi connectivity index (χ4v) is 3.70. The molecule has 7 nitrogen and oxygen atoms in total. The first kappa shape index (κ1) is 18.5. The van der Waals surface area contributed by atoms with Gasteiger partial charge in [-0.25, -0.2) is 4.79 Å². The average molecular weight is 363 g/mol. The number of rotatable bonds is 6. The Balaban J connectivity index is 1.71. The first-order valence-corrected chi connectivity index (χ1v) is 8.84. The van der Waals surface area contributed by atoms with E-state index in [0.717, 1.165) is 5.56 Å². The van der Waals surface area contributed by atoms with Gasteiger partial charge in [-0.15, -0.1) is 0 Å². The van der Waals surface area contributed by atoms with Crippen LogP contribution in [0.2, 0.25) is 0 Å². The van der Waals surface area contributed by atoms with E-state index in [0.29, 0.717) is 31.3 Å². The van der Waals surface area contributed by atoms with Gasteiger partial charge in [-0.3, -0.25) is 4.79 Å². The van der Waals surface area contributed by atoms with Crippen molar-refractivity contribution < 1.29 is 28.9 Å². The molecule has 26 heavy (non-hydrogen) atoms. The molecule has 3 rings (SSSR count). The maximum Gasteiger partial charge on any atom is 0.330 e. The molecule has 1 aromatic rings. The van der Waals surface area contributed by atoms with Crippen LogP contribution in [0.4, 0.5) is 0 Å². The Hall–Kier alpha value is -2.28. The number of carboxylic acids is 1. The number of amides is 1. The highest BCUT2D eigenvalue weighted by atomic mass is 16.6.